The van der Waals surface area contributed by atoms with Crippen molar-refractivity contribution in [3.63, 3.8) is 0 Å². The summed E-state index contributed by atoms with van der Waals surface area (Å²) in [6, 6.07) is 5.08. The monoisotopic (exact) mass is 220 g/mol. The molecule has 0 radical (unpaired) electrons. The van der Waals surface area contributed by atoms with Gasteiger partial charge in [-0.25, -0.2) is 0 Å². The summed E-state index contributed by atoms with van der Waals surface area (Å²) in [5, 5.41) is 0. The Hall–Kier alpha value is -1.84. The Morgan fingerprint density at radius 3 is 3.06 bits per heavy atom. The van der Waals surface area contributed by atoms with Crippen LogP contribution in [0.2, 0.25) is 0 Å². The second-order valence-electron chi connectivity index (χ2n) is 3.63. The third-order valence-electron chi connectivity index (χ3n) is 2.56. The molecule has 2 rings (SSSR count). The van der Waals surface area contributed by atoms with E-state index in [9.17, 15) is 9.59 Å². The highest BCUT2D eigenvalue weighted by Crippen LogP contribution is 2.31. The minimum atomic E-state index is -0.343. The molecule has 84 valence electrons. The van der Waals surface area contributed by atoms with Crippen molar-refractivity contribution in [2.24, 2.45) is 0 Å². The Morgan fingerprint density at radius 1 is 1.56 bits per heavy atom. The zero-order valence-corrected chi connectivity index (χ0v) is 8.93. The van der Waals surface area contributed by atoms with Crippen LogP contribution in [-0.2, 0) is 4.79 Å². The van der Waals surface area contributed by atoms with Crippen LogP contribution in [0.25, 0.3) is 0 Å². The SMILES string of the molecule is COc1ccc2c(c1)O[C@@H](CC=O)CC2=O. The molecule has 1 aliphatic rings. The topological polar surface area (TPSA) is 52.6 Å². The van der Waals surface area contributed by atoms with Gasteiger partial charge in [-0.05, 0) is 12.1 Å². The lowest BCUT2D eigenvalue weighted by Crippen LogP contribution is -2.27. The van der Waals surface area contributed by atoms with E-state index in [1.54, 1.807) is 25.3 Å². The maximum Gasteiger partial charge on any atom is 0.170 e. The number of rotatable bonds is 3. The van der Waals surface area contributed by atoms with E-state index in [1.165, 1.54) is 0 Å². The van der Waals surface area contributed by atoms with Crippen LogP contribution in [0.5, 0.6) is 11.5 Å². The van der Waals surface area contributed by atoms with Crippen molar-refractivity contribution in [3.8, 4) is 11.5 Å². The smallest absolute Gasteiger partial charge is 0.170 e. The van der Waals surface area contributed by atoms with Gasteiger partial charge < -0.3 is 14.3 Å². The van der Waals surface area contributed by atoms with Crippen LogP contribution < -0.4 is 9.47 Å². The van der Waals surface area contributed by atoms with Crippen molar-refractivity contribution in [3.05, 3.63) is 23.8 Å². The first kappa shape index (κ1) is 10.7. The first-order valence-electron chi connectivity index (χ1n) is 5.06. The van der Waals surface area contributed by atoms with E-state index >= 15 is 0 Å². The average Bonchev–Trinajstić information content (AvgIpc) is 2.28. The predicted octanol–water partition coefficient (Wildman–Crippen LogP) is 1.62. The number of methoxy groups -OCH3 is 1. The quantitative estimate of drug-likeness (QED) is 0.726. The number of hydrogen-bond donors (Lipinski definition) is 0. The molecule has 1 aromatic rings. The first-order chi connectivity index (χ1) is 7.74. The van der Waals surface area contributed by atoms with Crippen molar-refractivity contribution in [1.29, 1.82) is 0 Å². The summed E-state index contributed by atoms with van der Waals surface area (Å²) in [5.74, 6) is 1.15. The Morgan fingerprint density at radius 2 is 2.38 bits per heavy atom. The summed E-state index contributed by atoms with van der Waals surface area (Å²) < 4.78 is 10.6. The van der Waals surface area contributed by atoms with Gasteiger partial charge in [0.25, 0.3) is 0 Å². The van der Waals surface area contributed by atoms with E-state index in [2.05, 4.69) is 0 Å². The molecule has 0 bridgehead atoms. The average molecular weight is 220 g/mol. The molecule has 0 spiro atoms. The molecule has 4 heteroatoms. The Bertz CT molecular complexity index is 425. The van der Waals surface area contributed by atoms with E-state index < -0.39 is 0 Å². The zero-order chi connectivity index (χ0) is 11.5. The van der Waals surface area contributed by atoms with E-state index in [1.807, 2.05) is 0 Å². The maximum absolute atomic E-state index is 11.7. The number of ketones is 1. The number of benzene rings is 1. The number of fused-ring (bicyclic) bond motifs is 1. The van der Waals surface area contributed by atoms with Crippen LogP contribution in [-0.4, -0.2) is 25.3 Å². The van der Waals surface area contributed by atoms with Gasteiger partial charge in [0.15, 0.2) is 5.78 Å². The Balaban J connectivity index is 2.31. The van der Waals surface area contributed by atoms with E-state index in [-0.39, 0.29) is 24.7 Å². The highest BCUT2D eigenvalue weighted by atomic mass is 16.5. The van der Waals surface area contributed by atoms with Crippen LogP contribution >= 0.6 is 0 Å². The van der Waals surface area contributed by atoms with E-state index in [4.69, 9.17) is 9.47 Å². The van der Waals surface area contributed by atoms with Gasteiger partial charge in [0.1, 0.15) is 23.9 Å². The van der Waals surface area contributed by atoms with Gasteiger partial charge in [0.2, 0.25) is 0 Å². The molecule has 0 N–H and O–H groups in total. The lowest BCUT2D eigenvalue weighted by atomic mass is 9.99. The summed E-state index contributed by atoms with van der Waals surface area (Å²) in [6.45, 7) is 0. The second-order valence-corrected chi connectivity index (χ2v) is 3.63. The molecule has 1 heterocycles. The number of carbonyl (C=O) groups is 2. The van der Waals surface area contributed by atoms with Gasteiger partial charge in [0, 0.05) is 18.9 Å². The summed E-state index contributed by atoms with van der Waals surface area (Å²) in [5.41, 5.74) is 0.558. The summed E-state index contributed by atoms with van der Waals surface area (Å²) in [4.78, 5) is 22.1. The van der Waals surface area contributed by atoms with Gasteiger partial charge in [-0.15, -0.1) is 0 Å². The zero-order valence-electron chi connectivity index (χ0n) is 8.93. The maximum atomic E-state index is 11.7. The molecule has 0 saturated heterocycles. The molecule has 1 aromatic carbocycles. The molecule has 0 saturated carbocycles. The van der Waals surface area contributed by atoms with Crippen molar-refractivity contribution >= 4 is 12.1 Å². The standard InChI is InChI=1S/C12H12O4/c1-15-8-2-3-10-11(14)6-9(4-5-13)16-12(10)7-8/h2-3,5,7,9H,4,6H2,1H3/t9-/m0/s1. The molecule has 0 aromatic heterocycles. The fraction of sp³-hybridized carbons (Fsp3) is 0.333. The number of carbonyl (C=O) groups excluding carboxylic acids is 2. The molecule has 0 amide bonds. The molecule has 0 unspecified atom stereocenters. The van der Waals surface area contributed by atoms with Crippen LogP contribution in [0, 0.1) is 0 Å². The fourth-order valence-electron chi connectivity index (χ4n) is 1.73. The van der Waals surface area contributed by atoms with Crippen molar-refractivity contribution in [1.82, 2.24) is 0 Å². The number of aldehydes is 1. The van der Waals surface area contributed by atoms with Crippen LogP contribution in [0.4, 0.5) is 0 Å². The largest absolute Gasteiger partial charge is 0.497 e. The third kappa shape index (κ3) is 1.91. The van der Waals surface area contributed by atoms with E-state index in [0.29, 0.717) is 17.1 Å². The molecule has 16 heavy (non-hydrogen) atoms. The number of hydrogen-bond acceptors (Lipinski definition) is 4. The Kier molecular flexibility index (Phi) is 2.90. The molecule has 1 aliphatic heterocycles. The van der Waals surface area contributed by atoms with Gasteiger partial charge in [-0.2, -0.15) is 0 Å². The minimum absolute atomic E-state index is 0.00996. The lowest BCUT2D eigenvalue weighted by Gasteiger charge is -2.24. The first-order valence-corrected chi connectivity index (χ1v) is 5.06. The van der Waals surface area contributed by atoms with Crippen LogP contribution in [0.15, 0.2) is 18.2 Å². The molecule has 0 aliphatic carbocycles. The predicted molar refractivity (Wildman–Crippen MR) is 57.0 cm³/mol. The minimum Gasteiger partial charge on any atom is -0.497 e. The highest BCUT2D eigenvalue weighted by molar-refractivity contribution is 6.00. The second kappa shape index (κ2) is 4.35. The van der Waals surface area contributed by atoms with Gasteiger partial charge >= 0.3 is 0 Å². The van der Waals surface area contributed by atoms with Crippen molar-refractivity contribution in [2.75, 3.05) is 7.11 Å². The van der Waals surface area contributed by atoms with Gasteiger partial charge in [-0.1, -0.05) is 0 Å². The van der Waals surface area contributed by atoms with Crippen LogP contribution in [0.1, 0.15) is 23.2 Å². The normalized spacial score (nSPS) is 18.6. The van der Waals surface area contributed by atoms with Crippen molar-refractivity contribution in [2.45, 2.75) is 18.9 Å². The molecule has 4 nitrogen and oxygen atoms in total. The third-order valence-corrected chi connectivity index (χ3v) is 2.56. The Labute approximate surface area is 93.2 Å². The summed E-state index contributed by atoms with van der Waals surface area (Å²) >= 11 is 0. The highest BCUT2D eigenvalue weighted by Gasteiger charge is 2.26. The number of ether oxygens (including phenoxy) is 2. The van der Waals surface area contributed by atoms with Crippen LogP contribution in [0.3, 0.4) is 0 Å². The molecule has 0 fully saturated rings. The van der Waals surface area contributed by atoms with Crippen molar-refractivity contribution < 1.29 is 19.1 Å². The molecular formula is C12H12O4. The summed E-state index contributed by atoms with van der Waals surface area (Å²) in [6.07, 6.45) is 0.924. The fourth-order valence-corrected chi connectivity index (χ4v) is 1.73. The number of Topliss-reactive ketones (excluding diaryl/α,β-unsaturated/α-hetero) is 1. The van der Waals surface area contributed by atoms with E-state index in [0.717, 1.165) is 6.29 Å². The molecular weight excluding hydrogens is 208 g/mol. The molecule has 1 atom stereocenters. The lowest BCUT2D eigenvalue weighted by molar-refractivity contribution is -0.109. The van der Waals surface area contributed by atoms with Gasteiger partial charge in [0.05, 0.1) is 12.7 Å². The van der Waals surface area contributed by atoms with Gasteiger partial charge in [-0.3, -0.25) is 4.79 Å². The summed E-state index contributed by atoms with van der Waals surface area (Å²) in [7, 11) is 1.55.